The maximum absolute atomic E-state index is 12.5. The highest BCUT2D eigenvalue weighted by molar-refractivity contribution is 7.08. The van der Waals surface area contributed by atoms with Gasteiger partial charge in [-0.25, -0.2) is 0 Å². The molecule has 1 saturated heterocycles. The van der Waals surface area contributed by atoms with E-state index in [9.17, 15) is 9.59 Å². The van der Waals surface area contributed by atoms with Crippen LogP contribution in [0, 0.1) is 0 Å². The van der Waals surface area contributed by atoms with Gasteiger partial charge in [0.05, 0.1) is 5.56 Å². The number of rotatable bonds is 3. The molecule has 8 heteroatoms. The van der Waals surface area contributed by atoms with Crippen molar-refractivity contribution in [3.63, 3.8) is 0 Å². The second kappa shape index (κ2) is 6.04. The van der Waals surface area contributed by atoms with Crippen molar-refractivity contribution in [2.45, 2.75) is 12.3 Å². The lowest BCUT2D eigenvalue weighted by molar-refractivity contribution is 0.0788. The van der Waals surface area contributed by atoms with Gasteiger partial charge in [0.1, 0.15) is 5.56 Å². The van der Waals surface area contributed by atoms with E-state index >= 15 is 0 Å². The number of likely N-dealkylation sites (tertiary alicyclic amines) is 1. The largest absolute Gasteiger partial charge is 0.338 e. The van der Waals surface area contributed by atoms with E-state index in [4.69, 9.17) is 4.52 Å². The Hall–Kier alpha value is -2.74. The first-order chi connectivity index (χ1) is 11.7. The van der Waals surface area contributed by atoms with Crippen molar-refractivity contribution in [1.29, 1.82) is 0 Å². The second-order valence-electron chi connectivity index (χ2n) is 5.62. The molecule has 1 aliphatic heterocycles. The van der Waals surface area contributed by atoms with Crippen molar-refractivity contribution in [2.75, 3.05) is 13.1 Å². The van der Waals surface area contributed by atoms with Crippen LogP contribution in [0.4, 0.5) is 0 Å². The van der Waals surface area contributed by atoms with Gasteiger partial charge >= 0.3 is 0 Å². The van der Waals surface area contributed by atoms with E-state index in [0.717, 1.165) is 12.0 Å². The average molecular weight is 342 g/mol. The molecule has 24 heavy (non-hydrogen) atoms. The fourth-order valence-corrected chi connectivity index (χ4v) is 3.45. The van der Waals surface area contributed by atoms with Gasteiger partial charge in [-0.15, -0.1) is 0 Å². The molecule has 4 rings (SSSR count). The van der Waals surface area contributed by atoms with Crippen LogP contribution in [0.3, 0.4) is 0 Å². The molecular formula is C16H14N4O3S. The van der Waals surface area contributed by atoms with Crippen molar-refractivity contribution in [3.05, 3.63) is 56.9 Å². The molecule has 1 aliphatic rings. The van der Waals surface area contributed by atoms with E-state index in [1.807, 2.05) is 16.8 Å². The van der Waals surface area contributed by atoms with Gasteiger partial charge in [-0.2, -0.15) is 16.3 Å². The number of H-pyrrole nitrogens is 1. The number of pyridine rings is 1. The number of aromatic nitrogens is 3. The summed E-state index contributed by atoms with van der Waals surface area (Å²) in [4.78, 5) is 32.9. The number of nitrogens with one attached hydrogen (secondary N) is 1. The zero-order valence-corrected chi connectivity index (χ0v) is 13.5. The summed E-state index contributed by atoms with van der Waals surface area (Å²) < 4.78 is 5.31. The van der Waals surface area contributed by atoms with Crippen LogP contribution in [0.25, 0.3) is 11.5 Å². The Morgan fingerprint density at radius 1 is 1.42 bits per heavy atom. The zero-order valence-electron chi connectivity index (χ0n) is 12.6. The van der Waals surface area contributed by atoms with Crippen molar-refractivity contribution in [3.8, 4) is 11.5 Å². The summed E-state index contributed by atoms with van der Waals surface area (Å²) in [5, 5.41) is 7.95. The van der Waals surface area contributed by atoms with Gasteiger partial charge in [0, 0.05) is 30.6 Å². The standard InChI is InChI=1S/C16H14N4O3S/c21-14-12(2-1-5-17-14)16(22)20-6-3-10(8-20)13-18-15(23-19-13)11-4-7-24-9-11/h1-2,4-5,7,9-10H,3,6,8H2,(H,17,21)/t10-/m1/s1. The predicted molar refractivity (Wildman–Crippen MR) is 87.9 cm³/mol. The molecule has 1 amide bonds. The molecule has 0 bridgehead atoms. The molecule has 0 aliphatic carbocycles. The third kappa shape index (κ3) is 2.65. The minimum Gasteiger partial charge on any atom is -0.338 e. The third-order valence-corrected chi connectivity index (χ3v) is 4.78. The highest BCUT2D eigenvalue weighted by Gasteiger charge is 2.31. The number of hydrogen-bond acceptors (Lipinski definition) is 6. The van der Waals surface area contributed by atoms with E-state index in [0.29, 0.717) is 24.8 Å². The molecule has 0 spiro atoms. The van der Waals surface area contributed by atoms with E-state index in [1.165, 1.54) is 12.3 Å². The summed E-state index contributed by atoms with van der Waals surface area (Å²) in [6.07, 6.45) is 2.26. The van der Waals surface area contributed by atoms with Gasteiger partial charge in [-0.05, 0) is 30.0 Å². The van der Waals surface area contributed by atoms with Crippen LogP contribution < -0.4 is 5.56 Å². The highest BCUT2D eigenvalue weighted by atomic mass is 32.1. The zero-order chi connectivity index (χ0) is 16.5. The lowest BCUT2D eigenvalue weighted by Gasteiger charge is -2.15. The normalized spacial score (nSPS) is 17.3. The SMILES string of the molecule is O=C(c1ccc[nH]c1=O)N1CC[C@@H](c2noc(-c3ccsc3)n2)C1. The van der Waals surface area contributed by atoms with Crippen LogP contribution in [0.1, 0.15) is 28.5 Å². The lowest BCUT2D eigenvalue weighted by atomic mass is 10.1. The van der Waals surface area contributed by atoms with Gasteiger partial charge in [0.15, 0.2) is 5.82 Å². The molecule has 1 N–H and O–H groups in total. The third-order valence-electron chi connectivity index (χ3n) is 4.10. The van der Waals surface area contributed by atoms with Crippen molar-refractivity contribution in [2.24, 2.45) is 0 Å². The predicted octanol–water partition coefficient (Wildman–Crippen LogP) is 2.12. The fraction of sp³-hybridized carbons (Fsp3) is 0.250. The molecule has 3 aromatic heterocycles. The summed E-state index contributed by atoms with van der Waals surface area (Å²) >= 11 is 1.57. The molecule has 0 saturated carbocycles. The van der Waals surface area contributed by atoms with Gasteiger partial charge in [0.25, 0.3) is 17.4 Å². The first-order valence-electron chi connectivity index (χ1n) is 7.55. The summed E-state index contributed by atoms with van der Waals surface area (Å²) in [6, 6.07) is 5.11. The fourth-order valence-electron chi connectivity index (χ4n) is 2.82. The molecule has 122 valence electrons. The molecular weight excluding hydrogens is 328 g/mol. The molecule has 0 radical (unpaired) electrons. The maximum Gasteiger partial charge on any atom is 0.260 e. The molecule has 1 fully saturated rings. The Kier molecular flexibility index (Phi) is 3.73. The quantitative estimate of drug-likeness (QED) is 0.787. The van der Waals surface area contributed by atoms with Crippen LogP contribution in [0.5, 0.6) is 0 Å². The van der Waals surface area contributed by atoms with Gasteiger partial charge in [0.2, 0.25) is 0 Å². The number of thiophene rings is 1. The molecule has 7 nitrogen and oxygen atoms in total. The number of carbonyl (C=O) groups is 1. The van der Waals surface area contributed by atoms with Crippen LogP contribution >= 0.6 is 11.3 Å². The average Bonchev–Trinajstić information content (AvgIpc) is 3.33. The van der Waals surface area contributed by atoms with Crippen LogP contribution in [0.15, 0.2) is 44.5 Å². The van der Waals surface area contributed by atoms with Crippen LogP contribution in [-0.2, 0) is 0 Å². The van der Waals surface area contributed by atoms with Crippen molar-refractivity contribution in [1.82, 2.24) is 20.0 Å². The smallest absolute Gasteiger partial charge is 0.260 e. The molecule has 4 heterocycles. The Morgan fingerprint density at radius 3 is 3.12 bits per heavy atom. The second-order valence-corrected chi connectivity index (χ2v) is 6.40. The Bertz CT molecular complexity index is 915. The van der Waals surface area contributed by atoms with Gasteiger partial charge in [-0.1, -0.05) is 5.16 Å². The Labute approximate surface area is 140 Å². The number of carbonyl (C=O) groups excluding carboxylic acids is 1. The Balaban J connectivity index is 1.50. The lowest BCUT2D eigenvalue weighted by Crippen LogP contribution is -2.32. The van der Waals surface area contributed by atoms with Gasteiger partial charge in [-0.3, -0.25) is 9.59 Å². The van der Waals surface area contributed by atoms with Crippen molar-refractivity contribution < 1.29 is 9.32 Å². The van der Waals surface area contributed by atoms with E-state index in [1.54, 1.807) is 22.3 Å². The van der Waals surface area contributed by atoms with Crippen LogP contribution in [0.2, 0.25) is 0 Å². The monoisotopic (exact) mass is 342 g/mol. The minimum atomic E-state index is -0.370. The first kappa shape index (κ1) is 14.8. The summed E-state index contributed by atoms with van der Waals surface area (Å²) in [5.74, 6) is 0.859. The Morgan fingerprint density at radius 2 is 2.33 bits per heavy atom. The summed E-state index contributed by atoms with van der Waals surface area (Å²) in [6.45, 7) is 1.05. The summed E-state index contributed by atoms with van der Waals surface area (Å²) in [7, 11) is 0. The van der Waals surface area contributed by atoms with Crippen LogP contribution in [-0.4, -0.2) is 39.0 Å². The van der Waals surface area contributed by atoms with Gasteiger partial charge < -0.3 is 14.4 Å². The molecule has 1 atom stereocenters. The highest BCUT2D eigenvalue weighted by Crippen LogP contribution is 2.28. The number of nitrogens with zero attached hydrogens (tertiary/aromatic N) is 3. The minimum absolute atomic E-state index is 0.0212. The van der Waals surface area contributed by atoms with E-state index < -0.39 is 0 Å². The van der Waals surface area contributed by atoms with Crippen molar-refractivity contribution >= 4 is 17.2 Å². The summed E-state index contributed by atoms with van der Waals surface area (Å²) in [5.41, 5.74) is 0.691. The molecule has 0 unspecified atom stereocenters. The number of amides is 1. The molecule has 0 aromatic carbocycles. The van der Waals surface area contributed by atoms with E-state index in [-0.39, 0.29) is 22.9 Å². The van der Waals surface area contributed by atoms with E-state index in [2.05, 4.69) is 15.1 Å². The molecule has 3 aromatic rings. The number of hydrogen-bond donors (Lipinski definition) is 1. The number of aromatic amines is 1. The topological polar surface area (TPSA) is 92.1 Å². The first-order valence-corrected chi connectivity index (χ1v) is 8.50. The maximum atomic E-state index is 12.5.